The summed E-state index contributed by atoms with van der Waals surface area (Å²) in [5.74, 6) is 2.01. The van der Waals surface area contributed by atoms with Crippen molar-refractivity contribution >= 4 is 5.82 Å². The Morgan fingerprint density at radius 1 is 1.21 bits per heavy atom. The molecule has 0 aliphatic heterocycles. The highest BCUT2D eigenvalue weighted by atomic mass is 16.5. The lowest BCUT2D eigenvalue weighted by Gasteiger charge is -2.13. The van der Waals surface area contributed by atoms with Gasteiger partial charge >= 0.3 is 0 Å². The fourth-order valence-electron chi connectivity index (χ4n) is 2.19. The van der Waals surface area contributed by atoms with Gasteiger partial charge in [0.15, 0.2) is 0 Å². The van der Waals surface area contributed by atoms with Crippen molar-refractivity contribution in [3.8, 4) is 22.8 Å². The minimum atomic E-state index is 0.532. The number of aromatic nitrogens is 2. The van der Waals surface area contributed by atoms with E-state index in [1.165, 1.54) is 0 Å². The summed E-state index contributed by atoms with van der Waals surface area (Å²) in [5, 5.41) is 7.09. The van der Waals surface area contributed by atoms with Crippen LogP contribution in [0.25, 0.3) is 11.3 Å². The number of benzene rings is 1. The van der Waals surface area contributed by atoms with Crippen molar-refractivity contribution in [2.24, 2.45) is 0 Å². The predicted molar refractivity (Wildman–Crippen MR) is 75.5 cm³/mol. The molecule has 0 fully saturated rings. The van der Waals surface area contributed by atoms with E-state index < -0.39 is 0 Å². The van der Waals surface area contributed by atoms with Gasteiger partial charge in [0.1, 0.15) is 17.3 Å². The molecule has 3 N–H and O–H groups in total. The van der Waals surface area contributed by atoms with E-state index in [1.807, 2.05) is 18.2 Å². The zero-order valence-corrected chi connectivity index (χ0v) is 11.5. The monoisotopic (exact) mass is 261 g/mol. The first-order valence-corrected chi connectivity index (χ1v) is 6.27. The SMILES string of the molecule is CCCc1c(N)n[nH]c1-c1c(OC)cccc1OC. The average molecular weight is 261 g/mol. The van der Waals surface area contributed by atoms with E-state index in [0.29, 0.717) is 5.82 Å². The molecule has 2 aromatic rings. The molecular formula is C14H19N3O2. The molecule has 0 aliphatic carbocycles. The van der Waals surface area contributed by atoms with E-state index in [2.05, 4.69) is 17.1 Å². The molecule has 0 saturated heterocycles. The van der Waals surface area contributed by atoms with Crippen molar-refractivity contribution in [3.63, 3.8) is 0 Å². The molecule has 0 bridgehead atoms. The zero-order chi connectivity index (χ0) is 13.8. The van der Waals surface area contributed by atoms with E-state index in [-0.39, 0.29) is 0 Å². The average Bonchev–Trinajstić information content (AvgIpc) is 2.79. The predicted octanol–water partition coefficient (Wildman–Crippen LogP) is 2.63. The highest BCUT2D eigenvalue weighted by molar-refractivity contribution is 5.78. The second-order valence-electron chi connectivity index (χ2n) is 4.25. The molecule has 5 nitrogen and oxygen atoms in total. The third-order valence-corrected chi connectivity index (χ3v) is 3.08. The van der Waals surface area contributed by atoms with Crippen LogP contribution in [0.1, 0.15) is 18.9 Å². The summed E-state index contributed by atoms with van der Waals surface area (Å²) < 4.78 is 10.8. The summed E-state index contributed by atoms with van der Waals surface area (Å²) in [4.78, 5) is 0. The lowest BCUT2D eigenvalue weighted by atomic mass is 10.0. The Balaban J connectivity index is 2.64. The molecule has 1 aromatic heterocycles. The van der Waals surface area contributed by atoms with Gasteiger partial charge in [0, 0.05) is 5.56 Å². The van der Waals surface area contributed by atoms with E-state index in [4.69, 9.17) is 15.2 Å². The van der Waals surface area contributed by atoms with Gasteiger partial charge in [-0.15, -0.1) is 0 Å². The van der Waals surface area contributed by atoms with Crippen molar-refractivity contribution in [2.75, 3.05) is 20.0 Å². The molecule has 0 atom stereocenters. The van der Waals surface area contributed by atoms with Crippen LogP contribution >= 0.6 is 0 Å². The smallest absolute Gasteiger partial charge is 0.149 e. The van der Waals surface area contributed by atoms with Gasteiger partial charge in [0.25, 0.3) is 0 Å². The summed E-state index contributed by atoms with van der Waals surface area (Å²) >= 11 is 0. The maximum atomic E-state index is 5.92. The maximum Gasteiger partial charge on any atom is 0.149 e. The van der Waals surface area contributed by atoms with Gasteiger partial charge in [-0.3, -0.25) is 5.10 Å². The molecule has 0 spiro atoms. The summed E-state index contributed by atoms with van der Waals surface area (Å²) in [7, 11) is 3.27. The zero-order valence-electron chi connectivity index (χ0n) is 11.5. The van der Waals surface area contributed by atoms with Crippen LogP contribution in [0.4, 0.5) is 5.82 Å². The van der Waals surface area contributed by atoms with Crippen molar-refractivity contribution in [2.45, 2.75) is 19.8 Å². The molecule has 1 aromatic carbocycles. The number of H-pyrrole nitrogens is 1. The van der Waals surface area contributed by atoms with Crippen molar-refractivity contribution < 1.29 is 9.47 Å². The van der Waals surface area contributed by atoms with Crippen molar-refractivity contribution in [1.82, 2.24) is 10.2 Å². The highest BCUT2D eigenvalue weighted by Gasteiger charge is 2.19. The third-order valence-electron chi connectivity index (χ3n) is 3.08. The summed E-state index contributed by atoms with van der Waals surface area (Å²) in [6.45, 7) is 2.11. The van der Waals surface area contributed by atoms with Crippen molar-refractivity contribution in [1.29, 1.82) is 0 Å². The van der Waals surface area contributed by atoms with Crippen LogP contribution in [-0.2, 0) is 6.42 Å². The minimum absolute atomic E-state index is 0.532. The molecule has 0 amide bonds. The molecule has 0 saturated carbocycles. The van der Waals surface area contributed by atoms with Crippen LogP contribution in [0.5, 0.6) is 11.5 Å². The Morgan fingerprint density at radius 3 is 2.37 bits per heavy atom. The van der Waals surface area contributed by atoms with E-state index >= 15 is 0 Å². The van der Waals surface area contributed by atoms with E-state index in [0.717, 1.165) is 41.2 Å². The highest BCUT2D eigenvalue weighted by Crippen LogP contribution is 2.40. The Hall–Kier alpha value is -2.17. The summed E-state index contributed by atoms with van der Waals surface area (Å²) in [5.41, 5.74) is 8.66. The summed E-state index contributed by atoms with van der Waals surface area (Å²) in [6.07, 6.45) is 1.85. The first kappa shape index (κ1) is 13.3. The lowest BCUT2D eigenvalue weighted by molar-refractivity contribution is 0.397. The van der Waals surface area contributed by atoms with Gasteiger partial charge in [-0.2, -0.15) is 5.10 Å². The minimum Gasteiger partial charge on any atom is -0.496 e. The second-order valence-corrected chi connectivity index (χ2v) is 4.25. The Morgan fingerprint density at radius 2 is 1.84 bits per heavy atom. The fraction of sp³-hybridized carbons (Fsp3) is 0.357. The van der Waals surface area contributed by atoms with Gasteiger partial charge < -0.3 is 15.2 Å². The quantitative estimate of drug-likeness (QED) is 0.867. The standard InChI is InChI=1S/C14H19N3O2/c1-4-6-9-13(16-17-14(9)15)12-10(18-2)7-5-8-11(12)19-3/h5,7-8H,4,6H2,1-3H3,(H3,15,16,17). The third kappa shape index (κ3) is 2.36. The number of nitrogens with zero attached hydrogens (tertiary/aromatic N) is 1. The number of hydrogen-bond acceptors (Lipinski definition) is 4. The topological polar surface area (TPSA) is 73.2 Å². The second kappa shape index (κ2) is 5.65. The molecule has 1 heterocycles. The molecule has 2 rings (SSSR count). The van der Waals surface area contributed by atoms with Crippen LogP contribution in [0.15, 0.2) is 18.2 Å². The normalized spacial score (nSPS) is 10.5. The Labute approximate surface area is 112 Å². The molecule has 5 heteroatoms. The molecule has 0 radical (unpaired) electrons. The molecule has 0 aliphatic rings. The van der Waals surface area contributed by atoms with Gasteiger partial charge in [0.05, 0.1) is 25.5 Å². The lowest BCUT2D eigenvalue weighted by Crippen LogP contribution is -1.97. The molecule has 19 heavy (non-hydrogen) atoms. The van der Waals surface area contributed by atoms with Crippen LogP contribution in [0.2, 0.25) is 0 Å². The molecular weight excluding hydrogens is 242 g/mol. The first-order chi connectivity index (χ1) is 9.22. The summed E-state index contributed by atoms with van der Waals surface area (Å²) in [6, 6.07) is 5.68. The fourth-order valence-corrected chi connectivity index (χ4v) is 2.19. The van der Waals surface area contributed by atoms with Crippen LogP contribution < -0.4 is 15.2 Å². The number of nitrogens with one attached hydrogen (secondary N) is 1. The number of anilines is 1. The number of methoxy groups -OCH3 is 2. The number of hydrogen-bond donors (Lipinski definition) is 2. The van der Waals surface area contributed by atoms with Crippen LogP contribution in [0, 0.1) is 0 Å². The maximum absolute atomic E-state index is 5.92. The Bertz CT molecular complexity index is 542. The number of nitrogens with two attached hydrogens (primary N) is 1. The first-order valence-electron chi connectivity index (χ1n) is 6.27. The van der Waals surface area contributed by atoms with E-state index in [1.54, 1.807) is 14.2 Å². The number of aromatic amines is 1. The van der Waals surface area contributed by atoms with Crippen LogP contribution in [0.3, 0.4) is 0 Å². The number of rotatable bonds is 5. The molecule has 102 valence electrons. The van der Waals surface area contributed by atoms with Gasteiger partial charge in [-0.05, 0) is 18.6 Å². The van der Waals surface area contributed by atoms with Gasteiger partial charge in [-0.25, -0.2) is 0 Å². The van der Waals surface area contributed by atoms with Crippen LogP contribution in [-0.4, -0.2) is 24.4 Å². The number of nitrogen functional groups attached to an aromatic ring is 1. The van der Waals surface area contributed by atoms with Gasteiger partial charge in [-0.1, -0.05) is 19.4 Å². The molecule has 0 unspecified atom stereocenters. The number of ether oxygens (including phenoxy) is 2. The van der Waals surface area contributed by atoms with Gasteiger partial charge in [0.2, 0.25) is 0 Å². The van der Waals surface area contributed by atoms with E-state index in [9.17, 15) is 0 Å². The Kier molecular flexibility index (Phi) is 3.94. The largest absolute Gasteiger partial charge is 0.496 e. The van der Waals surface area contributed by atoms with Crippen molar-refractivity contribution in [3.05, 3.63) is 23.8 Å².